The monoisotopic (exact) mass is 400 g/mol. The Balaban J connectivity index is 1.55. The molecule has 0 spiro atoms. The number of benzene rings is 3. The summed E-state index contributed by atoms with van der Waals surface area (Å²) in [5.74, 6) is 0.283. The summed E-state index contributed by atoms with van der Waals surface area (Å²) in [6.45, 7) is 0.988. The normalized spacial score (nSPS) is 13.4. The Morgan fingerprint density at radius 1 is 1.00 bits per heavy atom. The number of rotatable bonds is 5. The summed E-state index contributed by atoms with van der Waals surface area (Å²) in [7, 11) is 1.75. The van der Waals surface area contributed by atoms with Gasteiger partial charge < -0.3 is 15.0 Å². The molecule has 30 heavy (non-hydrogen) atoms. The van der Waals surface area contributed by atoms with Crippen molar-refractivity contribution in [1.29, 1.82) is 0 Å². The Morgan fingerprint density at radius 2 is 1.63 bits per heavy atom. The fourth-order valence-electron chi connectivity index (χ4n) is 3.70. The van der Waals surface area contributed by atoms with Crippen LogP contribution in [-0.2, 0) is 4.79 Å². The highest BCUT2D eigenvalue weighted by molar-refractivity contribution is 5.99. The topological polar surface area (TPSA) is 58.6 Å². The number of hydrogen-bond donors (Lipinski definition) is 1. The van der Waals surface area contributed by atoms with Gasteiger partial charge in [0.05, 0.1) is 12.1 Å². The van der Waals surface area contributed by atoms with Crippen molar-refractivity contribution >= 4 is 17.5 Å². The van der Waals surface area contributed by atoms with Crippen molar-refractivity contribution in [1.82, 2.24) is 4.90 Å². The van der Waals surface area contributed by atoms with Gasteiger partial charge in [-0.25, -0.2) is 0 Å². The van der Waals surface area contributed by atoms with E-state index in [0.29, 0.717) is 36.6 Å². The van der Waals surface area contributed by atoms with Crippen LogP contribution in [0.1, 0.15) is 33.8 Å². The lowest BCUT2D eigenvalue weighted by atomic mass is 9.88. The minimum atomic E-state index is -0.108. The lowest BCUT2D eigenvalue weighted by molar-refractivity contribution is -0.116. The number of nitrogens with one attached hydrogen (secondary N) is 1. The largest absolute Gasteiger partial charge is 0.491 e. The summed E-state index contributed by atoms with van der Waals surface area (Å²) in [6, 6.07) is 25.2. The van der Waals surface area contributed by atoms with Gasteiger partial charge in [0, 0.05) is 25.1 Å². The maximum absolute atomic E-state index is 12.9. The van der Waals surface area contributed by atoms with Crippen molar-refractivity contribution in [3.8, 4) is 5.75 Å². The lowest BCUT2D eigenvalue weighted by Crippen LogP contribution is -2.27. The Labute approximate surface area is 176 Å². The molecule has 0 unspecified atom stereocenters. The number of amides is 2. The van der Waals surface area contributed by atoms with E-state index in [1.165, 1.54) is 0 Å². The Kier molecular flexibility index (Phi) is 5.80. The van der Waals surface area contributed by atoms with Crippen LogP contribution in [0.4, 0.5) is 5.69 Å². The molecule has 4 rings (SSSR count). The van der Waals surface area contributed by atoms with E-state index in [4.69, 9.17) is 4.74 Å². The SMILES string of the molecule is CN1CCOc2ccc(NC(=O)CC(c3ccccc3)c3ccccc3)cc2C1=O. The van der Waals surface area contributed by atoms with Crippen molar-refractivity contribution in [3.05, 3.63) is 95.6 Å². The molecule has 0 bridgehead atoms. The molecule has 1 heterocycles. The van der Waals surface area contributed by atoms with Crippen molar-refractivity contribution < 1.29 is 14.3 Å². The third-order valence-electron chi connectivity index (χ3n) is 5.32. The number of ether oxygens (including phenoxy) is 1. The van der Waals surface area contributed by atoms with Gasteiger partial charge in [0.15, 0.2) is 0 Å². The van der Waals surface area contributed by atoms with Crippen LogP contribution in [0.2, 0.25) is 0 Å². The second kappa shape index (κ2) is 8.82. The first kappa shape index (κ1) is 19.7. The summed E-state index contributed by atoms with van der Waals surface area (Å²) >= 11 is 0. The number of fused-ring (bicyclic) bond motifs is 1. The minimum Gasteiger partial charge on any atom is -0.491 e. The predicted octanol–water partition coefficient (Wildman–Crippen LogP) is 4.31. The molecule has 1 N–H and O–H groups in total. The van der Waals surface area contributed by atoms with Gasteiger partial charge in [-0.1, -0.05) is 60.7 Å². The van der Waals surface area contributed by atoms with E-state index in [1.54, 1.807) is 30.1 Å². The second-order valence-corrected chi connectivity index (χ2v) is 7.41. The van der Waals surface area contributed by atoms with Gasteiger partial charge in [-0.15, -0.1) is 0 Å². The van der Waals surface area contributed by atoms with Crippen molar-refractivity contribution in [2.45, 2.75) is 12.3 Å². The first-order chi connectivity index (χ1) is 14.6. The third-order valence-corrected chi connectivity index (χ3v) is 5.32. The number of carbonyl (C=O) groups is 2. The molecule has 0 aromatic heterocycles. The number of anilines is 1. The van der Waals surface area contributed by atoms with E-state index in [-0.39, 0.29) is 17.7 Å². The van der Waals surface area contributed by atoms with Crippen molar-refractivity contribution in [2.24, 2.45) is 0 Å². The molecule has 3 aromatic rings. The molecule has 0 saturated carbocycles. The van der Waals surface area contributed by atoms with E-state index >= 15 is 0 Å². The van der Waals surface area contributed by atoms with Crippen molar-refractivity contribution in [2.75, 3.05) is 25.5 Å². The molecule has 5 nitrogen and oxygen atoms in total. The molecule has 0 fully saturated rings. The van der Waals surface area contributed by atoms with Crippen LogP contribution < -0.4 is 10.1 Å². The molecule has 1 aliphatic heterocycles. The first-order valence-corrected chi connectivity index (χ1v) is 10.0. The molecule has 5 heteroatoms. The fourth-order valence-corrected chi connectivity index (χ4v) is 3.70. The fraction of sp³-hybridized carbons (Fsp3) is 0.200. The minimum absolute atomic E-state index is 0.0516. The number of likely N-dealkylation sites (N-methyl/N-ethyl adjacent to an activating group) is 1. The third kappa shape index (κ3) is 4.35. The smallest absolute Gasteiger partial charge is 0.257 e. The molecule has 3 aromatic carbocycles. The van der Waals surface area contributed by atoms with E-state index < -0.39 is 0 Å². The molecule has 1 aliphatic rings. The Morgan fingerprint density at radius 3 is 2.27 bits per heavy atom. The molecule has 0 atom stereocenters. The zero-order chi connectivity index (χ0) is 20.9. The van der Waals surface area contributed by atoms with Gasteiger partial charge >= 0.3 is 0 Å². The van der Waals surface area contributed by atoms with E-state index in [0.717, 1.165) is 11.1 Å². The molecule has 0 radical (unpaired) electrons. The van der Waals surface area contributed by atoms with Gasteiger partial charge in [0.2, 0.25) is 5.91 Å². The van der Waals surface area contributed by atoms with Crippen molar-refractivity contribution in [3.63, 3.8) is 0 Å². The molecule has 0 saturated heterocycles. The molecule has 2 amide bonds. The zero-order valence-electron chi connectivity index (χ0n) is 16.9. The lowest BCUT2D eigenvalue weighted by Gasteiger charge is -2.18. The summed E-state index contributed by atoms with van der Waals surface area (Å²) in [5.41, 5.74) is 3.23. The highest BCUT2D eigenvalue weighted by Crippen LogP contribution is 2.30. The summed E-state index contributed by atoms with van der Waals surface area (Å²) in [6.07, 6.45) is 0.301. The van der Waals surface area contributed by atoms with E-state index in [2.05, 4.69) is 5.32 Å². The average Bonchev–Trinajstić information content (AvgIpc) is 2.92. The Hall–Kier alpha value is -3.60. The van der Waals surface area contributed by atoms with E-state index in [1.807, 2.05) is 60.7 Å². The number of hydrogen-bond acceptors (Lipinski definition) is 3. The maximum Gasteiger partial charge on any atom is 0.257 e. The van der Waals surface area contributed by atoms with Gasteiger partial charge in [-0.05, 0) is 29.3 Å². The Bertz CT molecular complexity index is 995. The first-order valence-electron chi connectivity index (χ1n) is 10.0. The van der Waals surface area contributed by atoms with Crippen LogP contribution in [0.5, 0.6) is 5.75 Å². The van der Waals surface area contributed by atoms with Gasteiger partial charge in [-0.3, -0.25) is 9.59 Å². The van der Waals surface area contributed by atoms with Crippen LogP contribution in [-0.4, -0.2) is 36.9 Å². The van der Waals surface area contributed by atoms with Crippen LogP contribution in [0.15, 0.2) is 78.9 Å². The molecule has 0 aliphatic carbocycles. The number of carbonyl (C=O) groups excluding carboxylic acids is 2. The second-order valence-electron chi connectivity index (χ2n) is 7.41. The number of nitrogens with zero attached hydrogens (tertiary/aromatic N) is 1. The maximum atomic E-state index is 12.9. The average molecular weight is 400 g/mol. The summed E-state index contributed by atoms with van der Waals surface area (Å²) in [4.78, 5) is 27.1. The standard InChI is InChI=1S/C25H24N2O3/c1-27-14-15-30-23-13-12-20(16-22(23)25(27)29)26-24(28)17-21(18-8-4-2-5-9-18)19-10-6-3-7-11-19/h2-13,16,21H,14-15,17H2,1H3,(H,26,28). The van der Waals surface area contributed by atoms with Crippen LogP contribution >= 0.6 is 0 Å². The molecular formula is C25H24N2O3. The predicted molar refractivity (Wildman–Crippen MR) is 117 cm³/mol. The van der Waals surface area contributed by atoms with E-state index in [9.17, 15) is 9.59 Å². The highest BCUT2D eigenvalue weighted by Gasteiger charge is 2.22. The van der Waals surface area contributed by atoms with Gasteiger partial charge in [0.1, 0.15) is 12.4 Å². The van der Waals surface area contributed by atoms with Crippen LogP contribution in [0.3, 0.4) is 0 Å². The van der Waals surface area contributed by atoms with Gasteiger partial charge in [-0.2, -0.15) is 0 Å². The summed E-state index contributed by atoms with van der Waals surface area (Å²) < 4.78 is 5.65. The zero-order valence-corrected chi connectivity index (χ0v) is 16.9. The van der Waals surface area contributed by atoms with Gasteiger partial charge in [0.25, 0.3) is 5.91 Å². The van der Waals surface area contributed by atoms with Crippen LogP contribution in [0, 0.1) is 0 Å². The molecular weight excluding hydrogens is 376 g/mol. The molecule has 152 valence electrons. The highest BCUT2D eigenvalue weighted by atomic mass is 16.5. The van der Waals surface area contributed by atoms with Crippen LogP contribution in [0.25, 0.3) is 0 Å². The quantitative estimate of drug-likeness (QED) is 0.694. The summed E-state index contributed by atoms with van der Waals surface area (Å²) in [5, 5.41) is 2.95.